The van der Waals surface area contributed by atoms with Crippen LogP contribution in [0.4, 0.5) is 0 Å². The Morgan fingerprint density at radius 1 is 1.64 bits per heavy atom. The maximum absolute atomic E-state index is 5.74. The van der Waals surface area contributed by atoms with E-state index in [1.54, 1.807) is 25.3 Å². The zero-order valence-electron chi connectivity index (χ0n) is 6.17. The first-order valence-corrected chi connectivity index (χ1v) is 3.48. The van der Waals surface area contributed by atoms with Gasteiger partial charge < -0.3 is 4.74 Å². The van der Waals surface area contributed by atoms with Gasteiger partial charge in [-0.15, -0.1) is 0 Å². The molecule has 0 amide bonds. The number of halogens is 1. The van der Waals surface area contributed by atoms with E-state index in [0.29, 0.717) is 16.6 Å². The van der Waals surface area contributed by atoms with Crippen molar-refractivity contribution in [2.24, 2.45) is 0 Å². The minimum Gasteiger partial charge on any atom is -0.481 e. The van der Waals surface area contributed by atoms with Gasteiger partial charge in [0.2, 0.25) is 5.88 Å². The summed E-state index contributed by atoms with van der Waals surface area (Å²) in [6, 6.07) is 3.37. The molecule has 1 aromatic rings. The van der Waals surface area contributed by atoms with Crippen LogP contribution in [0.15, 0.2) is 18.7 Å². The highest BCUT2D eigenvalue weighted by Crippen LogP contribution is 2.16. The van der Waals surface area contributed by atoms with Crippen LogP contribution in [0, 0.1) is 0 Å². The van der Waals surface area contributed by atoms with Crippen LogP contribution in [-0.2, 0) is 0 Å². The lowest BCUT2D eigenvalue weighted by Crippen LogP contribution is -1.88. The molecule has 0 atom stereocenters. The van der Waals surface area contributed by atoms with Crippen LogP contribution in [0.5, 0.6) is 5.88 Å². The van der Waals surface area contributed by atoms with E-state index < -0.39 is 0 Å². The Labute approximate surface area is 70.5 Å². The fourth-order valence-corrected chi connectivity index (χ4v) is 0.907. The van der Waals surface area contributed by atoms with Gasteiger partial charge in [0.25, 0.3) is 0 Å². The lowest BCUT2D eigenvalue weighted by molar-refractivity contribution is 0.397. The molecule has 0 aliphatic heterocycles. The lowest BCUT2D eigenvalue weighted by Gasteiger charge is -1.99. The van der Waals surface area contributed by atoms with E-state index in [4.69, 9.17) is 16.3 Å². The molecule has 0 saturated heterocycles. The number of rotatable bonds is 2. The molecule has 1 rings (SSSR count). The summed E-state index contributed by atoms with van der Waals surface area (Å²) < 4.78 is 4.89. The largest absolute Gasteiger partial charge is 0.481 e. The molecule has 0 aliphatic rings. The number of ether oxygens (including phenoxy) is 1. The van der Waals surface area contributed by atoms with Gasteiger partial charge in [0.1, 0.15) is 0 Å². The zero-order valence-corrected chi connectivity index (χ0v) is 6.93. The van der Waals surface area contributed by atoms with E-state index in [1.807, 2.05) is 0 Å². The molecule has 0 fully saturated rings. The van der Waals surface area contributed by atoms with Crippen LogP contribution >= 0.6 is 11.6 Å². The molecule has 0 spiro atoms. The highest BCUT2D eigenvalue weighted by atomic mass is 35.5. The standard InChI is InChI=1S/C8H8ClNO/c1-3-7-4-6(9)5-8(10-7)11-2/h3-5H,1H2,2H3. The Kier molecular flexibility index (Phi) is 2.49. The first-order chi connectivity index (χ1) is 5.26. The van der Waals surface area contributed by atoms with Crippen molar-refractivity contribution >= 4 is 17.7 Å². The third-order valence-electron chi connectivity index (χ3n) is 1.20. The van der Waals surface area contributed by atoms with E-state index in [0.717, 1.165) is 0 Å². The highest BCUT2D eigenvalue weighted by Gasteiger charge is 1.96. The summed E-state index contributed by atoms with van der Waals surface area (Å²) in [4.78, 5) is 4.05. The molecule has 1 aromatic heterocycles. The second kappa shape index (κ2) is 3.39. The van der Waals surface area contributed by atoms with Gasteiger partial charge in [-0.05, 0) is 12.1 Å². The third-order valence-corrected chi connectivity index (χ3v) is 1.42. The van der Waals surface area contributed by atoms with Gasteiger partial charge in [0, 0.05) is 11.1 Å². The first kappa shape index (κ1) is 8.08. The van der Waals surface area contributed by atoms with Gasteiger partial charge in [-0.3, -0.25) is 0 Å². The predicted octanol–water partition coefficient (Wildman–Crippen LogP) is 2.39. The summed E-state index contributed by atoms with van der Waals surface area (Å²) in [6.07, 6.45) is 1.62. The molecule has 58 valence electrons. The number of nitrogens with zero attached hydrogens (tertiary/aromatic N) is 1. The molecule has 0 radical (unpaired) electrons. The Hall–Kier alpha value is -1.02. The van der Waals surface area contributed by atoms with Gasteiger partial charge in [0.15, 0.2) is 0 Å². The number of methoxy groups -OCH3 is 1. The second-order valence-corrected chi connectivity index (χ2v) is 2.39. The van der Waals surface area contributed by atoms with Gasteiger partial charge in [0.05, 0.1) is 12.8 Å². The fraction of sp³-hybridized carbons (Fsp3) is 0.125. The van der Waals surface area contributed by atoms with E-state index >= 15 is 0 Å². The van der Waals surface area contributed by atoms with Crippen LogP contribution < -0.4 is 4.74 Å². The summed E-state index contributed by atoms with van der Waals surface area (Å²) in [7, 11) is 1.55. The molecular formula is C8H8ClNO. The molecule has 0 bridgehead atoms. The zero-order chi connectivity index (χ0) is 8.27. The second-order valence-electron chi connectivity index (χ2n) is 1.96. The highest BCUT2D eigenvalue weighted by molar-refractivity contribution is 6.30. The number of hydrogen-bond acceptors (Lipinski definition) is 2. The first-order valence-electron chi connectivity index (χ1n) is 3.10. The minimum atomic E-state index is 0.507. The van der Waals surface area contributed by atoms with Crippen molar-refractivity contribution in [1.29, 1.82) is 0 Å². The van der Waals surface area contributed by atoms with E-state index in [1.165, 1.54) is 0 Å². The van der Waals surface area contributed by atoms with Crippen LogP contribution in [0.25, 0.3) is 6.08 Å². The van der Waals surface area contributed by atoms with Crippen LogP contribution in [0.1, 0.15) is 5.69 Å². The summed E-state index contributed by atoms with van der Waals surface area (Å²) in [5.74, 6) is 0.507. The monoisotopic (exact) mass is 169 g/mol. The Morgan fingerprint density at radius 3 is 2.91 bits per heavy atom. The van der Waals surface area contributed by atoms with Crippen molar-refractivity contribution in [3.05, 3.63) is 29.4 Å². The maximum Gasteiger partial charge on any atom is 0.214 e. The van der Waals surface area contributed by atoms with Gasteiger partial charge in [-0.1, -0.05) is 18.2 Å². The summed E-state index contributed by atoms with van der Waals surface area (Å²) >= 11 is 5.74. The molecule has 0 aliphatic carbocycles. The summed E-state index contributed by atoms with van der Waals surface area (Å²) in [5.41, 5.74) is 0.717. The number of pyridine rings is 1. The average molecular weight is 170 g/mol. The smallest absolute Gasteiger partial charge is 0.214 e. The van der Waals surface area contributed by atoms with Crippen LogP contribution in [0.2, 0.25) is 5.02 Å². The number of hydrogen-bond donors (Lipinski definition) is 0. The predicted molar refractivity (Wildman–Crippen MR) is 45.9 cm³/mol. The minimum absolute atomic E-state index is 0.507. The van der Waals surface area contributed by atoms with Crippen molar-refractivity contribution in [1.82, 2.24) is 4.98 Å². The van der Waals surface area contributed by atoms with Gasteiger partial charge in [-0.25, -0.2) is 4.98 Å². The molecule has 0 aromatic carbocycles. The van der Waals surface area contributed by atoms with E-state index in [-0.39, 0.29) is 0 Å². The third kappa shape index (κ3) is 1.95. The van der Waals surface area contributed by atoms with Crippen LogP contribution in [0.3, 0.4) is 0 Å². The Morgan fingerprint density at radius 2 is 2.36 bits per heavy atom. The molecule has 0 unspecified atom stereocenters. The molecule has 0 saturated carbocycles. The van der Waals surface area contributed by atoms with Crippen molar-refractivity contribution in [3.8, 4) is 5.88 Å². The molecule has 1 heterocycles. The normalized spacial score (nSPS) is 9.27. The molecule has 11 heavy (non-hydrogen) atoms. The molecule has 0 N–H and O–H groups in total. The average Bonchev–Trinajstić information content (AvgIpc) is 2.03. The van der Waals surface area contributed by atoms with Gasteiger partial charge >= 0.3 is 0 Å². The topological polar surface area (TPSA) is 22.1 Å². The van der Waals surface area contributed by atoms with Crippen molar-refractivity contribution in [2.45, 2.75) is 0 Å². The van der Waals surface area contributed by atoms with E-state index in [9.17, 15) is 0 Å². The quantitative estimate of drug-likeness (QED) is 0.678. The lowest BCUT2D eigenvalue weighted by atomic mass is 10.3. The van der Waals surface area contributed by atoms with Gasteiger partial charge in [-0.2, -0.15) is 0 Å². The SMILES string of the molecule is C=Cc1cc(Cl)cc(OC)n1. The van der Waals surface area contributed by atoms with Crippen LogP contribution in [-0.4, -0.2) is 12.1 Å². The van der Waals surface area contributed by atoms with Crippen molar-refractivity contribution in [2.75, 3.05) is 7.11 Å². The summed E-state index contributed by atoms with van der Waals surface area (Å²) in [5, 5.41) is 0.603. The van der Waals surface area contributed by atoms with E-state index in [2.05, 4.69) is 11.6 Å². The number of aromatic nitrogens is 1. The Balaban J connectivity index is 3.11. The molecule has 3 heteroatoms. The van der Waals surface area contributed by atoms with Crippen molar-refractivity contribution in [3.63, 3.8) is 0 Å². The Bertz CT molecular complexity index is 273. The molecule has 2 nitrogen and oxygen atoms in total. The maximum atomic E-state index is 5.74. The van der Waals surface area contributed by atoms with Crippen molar-refractivity contribution < 1.29 is 4.74 Å². The fourth-order valence-electron chi connectivity index (χ4n) is 0.702. The molecular weight excluding hydrogens is 162 g/mol. The summed E-state index contributed by atoms with van der Waals surface area (Å²) in [6.45, 7) is 3.57.